The predicted octanol–water partition coefficient (Wildman–Crippen LogP) is 3.02. The lowest BCUT2D eigenvalue weighted by atomic mass is 10.1. The number of aliphatic carboxylic acids is 2. The molecule has 4 rings (SSSR count). The summed E-state index contributed by atoms with van der Waals surface area (Å²) in [5.74, 6) is -2.40. The molecule has 4 amide bonds. The number of carbonyl (C=O) groups excluding carboxylic acids is 4. The lowest BCUT2D eigenvalue weighted by molar-refractivity contribution is -0.152. The van der Waals surface area contributed by atoms with E-state index in [1.165, 1.54) is 9.80 Å². The van der Waals surface area contributed by atoms with Gasteiger partial charge in [-0.15, -0.1) is 0 Å². The molecule has 12 heteroatoms. The molecule has 4 unspecified atom stereocenters. The molecular formula is C32H50N4O8. The van der Waals surface area contributed by atoms with Crippen molar-refractivity contribution in [1.82, 2.24) is 19.6 Å². The van der Waals surface area contributed by atoms with Crippen LogP contribution >= 0.6 is 0 Å². The molecule has 246 valence electrons. The van der Waals surface area contributed by atoms with Gasteiger partial charge in [0.15, 0.2) is 0 Å². The Morgan fingerprint density at radius 2 is 0.727 bits per heavy atom. The van der Waals surface area contributed by atoms with E-state index in [-0.39, 0.29) is 23.6 Å². The largest absolute Gasteiger partial charge is 0.480 e. The van der Waals surface area contributed by atoms with Gasteiger partial charge >= 0.3 is 11.9 Å². The standard InChI is InChI=1S/C32H50N4O8/c37-27(33-19-9-13-23(33)29(39)35-21-11-15-25(35)31(41)42)17-7-5-3-1-2-4-6-8-18-28(38)34-20-10-14-24(34)30(40)36-22-12-16-26(36)32(43)44/h23-26H,1-22H2,(H,41,42)(H,43,44). The number of nitrogens with zero attached hydrogens (tertiary/aromatic N) is 4. The minimum Gasteiger partial charge on any atom is -0.480 e. The van der Waals surface area contributed by atoms with Crippen molar-refractivity contribution >= 4 is 35.6 Å². The first-order valence-electron chi connectivity index (χ1n) is 16.9. The molecule has 0 aromatic heterocycles. The summed E-state index contributed by atoms with van der Waals surface area (Å²) < 4.78 is 0. The van der Waals surface area contributed by atoms with Crippen LogP contribution in [0.4, 0.5) is 0 Å². The van der Waals surface area contributed by atoms with Crippen LogP contribution < -0.4 is 0 Å². The van der Waals surface area contributed by atoms with Crippen LogP contribution in [-0.2, 0) is 28.8 Å². The van der Waals surface area contributed by atoms with Crippen molar-refractivity contribution in [3.8, 4) is 0 Å². The molecule has 0 bridgehead atoms. The van der Waals surface area contributed by atoms with Crippen molar-refractivity contribution in [1.29, 1.82) is 0 Å². The monoisotopic (exact) mass is 618 g/mol. The molecule has 0 spiro atoms. The number of hydrogen-bond acceptors (Lipinski definition) is 6. The van der Waals surface area contributed by atoms with Gasteiger partial charge in [0.2, 0.25) is 23.6 Å². The molecule has 12 nitrogen and oxygen atoms in total. The SMILES string of the molecule is O=C(O)C1CCCN1C(=O)C1CCCN1C(=O)CCCCCCCCCCC(=O)N1CCCC1C(=O)N1CCCC1C(=O)O. The highest BCUT2D eigenvalue weighted by atomic mass is 16.4. The van der Waals surface area contributed by atoms with Gasteiger partial charge in [0.1, 0.15) is 24.2 Å². The molecule has 4 fully saturated rings. The van der Waals surface area contributed by atoms with E-state index in [0.717, 1.165) is 64.2 Å². The molecule has 4 saturated heterocycles. The third kappa shape index (κ3) is 8.29. The number of carboxylic acid groups (broad SMARTS) is 2. The van der Waals surface area contributed by atoms with Crippen molar-refractivity contribution in [3.05, 3.63) is 0 Å². The first-order valence-corrected chi connectivity index (χ1v) is 16.9. The molecule has 0 aromatic carbocycles. The maximum atomic E-state index is 13.0. The number of hydrogen-bond donors (Lipinski definition) is 2. The third-order valence-electron chi connectivity index (χ3n) is 9.89. The Kier molecular flexibility index (Phi) is 12.4. The summed E-state index contributed by atoms with van der Waals surface area (Å²) in [5.41, 5.74) is 0. The Balaban J connectivity index is 1.05. The number of carboxylic acids is 2. The zero-order valence-corrected chi connectivity index (χ0v) is 26.0. The van der Waals surface area contributed by atoms with Gasteiger partial charge in [0.25, 0.3) is 0 Å². The van der Waals surface area contributed by atoms with E-state index >= 15 is 0 Å². The number of carbonyl (C=O) groups is 6. The molecular weight excluding hydrogens is 568 g/mol. The Hall–Kier alpha value is -3.18. The Labute approximate surface area is 260 Å². The summed E-state index contributed by atoms with van der Waals surface area (Å²) in [7, 11) is 0. The van der Waals surface area contributed by atoms with Crippen LogP contribution in [0.15, 0.2) is 0 Å². The molecule has 4 aliphatic rings. The van der Waals surface area contributed by atoms with Crippen molar-refractivity contribution in [3.63, 3.8) is 0 Å². The fraction of sp³-hybridized carbons (Fsp3) is 0.812. The lowest BCUT2D eigenvalue weighted by Crippen LogP contribution is -2.50. The highest BCUT2D eigenvalue weighted by molar-refractivity contribution is 5.92. The first kappa shape index (κ1) is 33.7. The normalized spacial score (nSPS) is 25.2. The van der Waals surface area contributed by atoms with E-state index in [4.69, 9.17) is 0 Å². The van der Waals surface area contributed by atoms with E-state index < -0.39 is 36.1 Å². The molecule has 4 atom stereocenters. The second-order valence-corrected chi connectivity index (χ2v) is 12.9. The van der Waals surface area contributed by atoms with E-state index in [1.807, 2.05) is 0 Å². The van der Waals surface area contributed by atoms with Gasteiger partial charge in [-0.1, -0.05) is 38.5 Å². The van der Waals surface area contributed by atoms with Crippen molar-refractivity contribution < 1.29 is 39.0 Å². The van der Waals surface area contributed by atoms with Crippen molar-refractivity contribution in [2.45, 2.75) is 140 Å². The van der Waals surface area contributed by atoms with E-state index in [1.54, 1.807) is 9.80 Å². The first-order chi connectivity index (χ1) is 21.2. The molecule has 4 heterocycles. The second kappa shape index (κ2) is 16.2. The van der Waals surface area contributed by atoms with Crippen LogP contribution in [0.3, 0.4) is 0 Å². The summed E-state index contributed by atoms with van der Waals surface area (Å²) in [6, 6.07) is -2.60. The van der Waals surface area contributed by atoms with E-state index in [2.05, 4.69) is 0 Å². The average molecular weight is 619 g/mol. The number of amides is 4. The highest BCUT2D eigenvalue weighted by Gasteiger charge is 2.43. The lowest BCUT2D eigenvalue weighted by Gasteiger charge is -2.30. The van der Waals surface area contributed by atoms with Crippen LogP contribution in [0.1, 0.15) is 116 Å². The second-order valence-electron chi connectivity index (χ2n) is 12.9. The number of likely N-dealkylation sites (tertiary alicyclic amines) is 4. The average Bonchev–Trinajstić information content (AvgIpc) is 3.82. The molecule has 0 aromatic rings. The Morgan fingerprint density at radius 1 is 0.432 bits per heavy atom. The summed E-state index contributed by atoms with van der Waals surface area (Å²) in [6.07, 6.45) is 13.4. The van der Waals surface area contributed by atoms with Gasteiger partial charge in [-0.3, -0.25) is 19.2 Å². The molecule has 2 N–H and O–H groups in total. The minimum atomic E-state index is -0.972. The Bertz CT molecular complexity index is 985. The van der Waals surface area contributed by atoms with Crippen molar-refractivity contribution in [2.24, 2.45) is 0 Å². The maximum absolute atomic E-state index is 13.0. The van der Waals surface area contributed by atoms with E-state index in [0.29, 0.717) is 77.5 Å². The maximum Gasteiger partial charge on any atom is 0.326 e. The third-order valence-corrected chi connectivity index (χ3v) is 9.89. The fourth-order valence-corrected chi connectivity index (χ4v) is 7.50. The van der Waals surface area contributed by atoms with Crippen LogP contribution in [0.25, 0.3) is 0 Å². The van der Waals surface area contributed by atoms with Gasteiger partial charge in [-0.05, 0) is 64.2 Å². The van der Waals surface area contributed by atoms with Crippen LogP contribution in [0, 0.1) is 0 Å². The Morgan fingerprint density at radius 3 is 1.07 bits per heavy atom. The van der Waals surface area contributed by atoms with Gasteiger partial charge in [-0.2, -0.15) is 0 Å². The predicted molar refractivity (Wildman–Crippen MR) is 160 cm³/mol. The minimum absolute atomic E-state index is 0.0133. The van der Waals surface area contributed by atoms with Crippen LogP contribution in [0.2, 0.25) is 0 Å². The summed E-state index contributed by atoms with van der Waals surface area (Å²) in [6.45, 7) is 2.00. The van der Waals surface area contributed by atoms with Gasteiger partial charge < -0.3 is 29.8 Å². The topological polar surface area (TPSA) is 156 Å². The zero-order valence-electron chi connectivity index (χ0n) is 26.0. The summed E-state index contributed by atoms with van der Waals surface area (Å²) in [4.78, 5) is 81.1. The van der Waals surface area contributed by atoms with E-state index in [9.17, 15) is 39.0 Å². The molecule has 0 saturated carbocycles. The summed E-state index contributed by atoms with van der Waals surface area (Å²) in [5, 5.41) is 18.8. The summed E-state index contributed by atoms with van der Waals surface area (Å²) >= 11 is 0. The number of unbranched alkanes of at least 4 members (excludes halogenated alkanes) is 7. The fourth-order valence-electron chi connectivity index (χ4n) is 7.50. The van der Waals surface area contributed by atoms with Gasteiger partial charge in [-0.25, -0.2) is 9.59 Å². The molecule has 4 aliphatic heterocycles. The van der Waals surface area contributed by atoms with Gasteiger partial charge in [0, 0.05) is 39.0 Å². The molecule has 44 heavy (non-hydrogen) atoms. The smallest absolute Gasteiger partial charge is 0.326 e. The number of rotatable bonds is 15. The van der Waals surface area contributed by atoms with Gasteiger partial charge in [0.05, 0.1) is 0 Å². The molecule has 0 radical (unpaired) electrons. The van der Waals surface area contributed by atoms with Crippen molar-refractivity contribution in [2.75, 3.05) is 26.2 Å². The van der Waals surface area contributed by atoms with Crippen LogP contribution in [0.5, 0.6) is 0 Å². The quantitative estimate of drug-likeness (QED) is 0.265. The molecule has 0 aliphatic carbocycles. The zero-order chi connectivity index (χ0) is 31.6. The van der Waals surface area contributed by atoms with Crippen LogP contribution in [-0.4, -0.2) is 116 Å². The highest BCUT2D eigenvalue weighted by Crippen LogP contribution is 2.27.